The molecular weight excluding hydrogens is 1680 g/mol. The van der Waals surface area contributed by atoms with Gasteiger partial charge < -0.3 is 57.8 Å². The molecule has 1 heterocycles. The summed E-state index contributed by atoms with van der Waals surface area (Å²) in [6.07, 6.45) is -16.8. The van der Waals surface area contributed by atoms with Crippen molar-refractivity contribution >= 4 is 104 Å². The van der Waals surface area contributed by atoms with Crippen molar-refractivity contribution in [1.29, 1.82) is 0 Å². The van der Waals surface area contributed by atoms with E-state index in [4.69, 9.17) is 33.5 Å². The van der Waals surface area contributed by atoms with Crippen molar-refractivity contribution in [1.82, 2.24) is 0 Å². The van der Waals surface area contributed by atoms with E-state index in [-0.39, 0.29) is 53.4 Å². The number of nitrogens with one attached hydrogen (secondary N) is 1. The van der Waals surface area contributed by atoms with Crippen LogP contribution < -0.4 is 10.0 Å². The van der Waals surface area contributed by atoms with Crippen LogP contribution in [0.4, 0.5) is 52.7 Å². The van der Waals surface area contributed by atoms with Crippen LogP contribution in [0.1, 0.15) is 197 Å². The fourth-order valence-corrected chi connectivity index (χ4v) is 9.62. The summed E-state index contributed by atoms with van der Waals surface area (Å²) < 4.78 is 194. The Bertz CT molecular complexity index is 2840. The zero-order chi connectivity index (χ0) is 78.1. The van der Waals surface area contributed by atoms with E-state index in [2.05, 4.69) is 98.0 Å². The van der Waals surface area contributed by atoms with Gasteiger partial charge in [-0.3, -0.25) is 14.4 Å². The molecule has 0 aromatic heterocycles. The Morgan fingerprint density at radius 1 is 0.697 bits per heavy atom. The fourth-order valence-electron chi connectivity index (χ4n) is 7.24. The monoisotopic (exact) mass is 1780 g/mol. The predicted octanol–water partition coefficient (Wildman–Crippen LogP) is 14.8. The number of esters is 5. The number of aliphatic carboxylic acids is 1. The first kappa shape index (κ1) is 97.5. The molecular formula is C67H100F12I3NO16. The summed E-state index contributed by atoms with van der Waals surface area (Å²) in [7, 11) is 4.08. The van der Waals surface area contributed by atoms with Crippen molar-refractivity contribution in [3.05, 3.63) is 63.8 Å². The Morgan fingerprint density at radius 3 is 1.61 bits per heavy atom. The number of quaternary nitrogens is 1. The number of hydrogen-bond donors (Lipinski definition) is 2. The van der Waals surface area contributed by atoms with Gasteiger partial charge in [0, 0.05) is 29.5 Å². The molecule has 1 fully saturated rings. The minimum atomic E-state index is -6.25. The van der Waals surface area contributed by atoms with Crippen molar-refractivity contribution < 1.29 is 134 Å². The molecule has 0 aliphatic carbocycles. The third-order valence-electron chi connectivity index (χ3n) is 15.3. The lowest BCUT2D eigenvalue weighted by atomic mass is 9.90. The summed E-state index contributed by atoms with van der Waals surface area (Å²) in [6.45, 7) is 33.7. The molecule has 4 unspecified atom stereocenters. The number of carboxylic acid groups (broad SMARTS) is 1. The summed E-state index contributed by atoms with van der Waals surface area (Å²) in [4.78, 5) is 70.5. The first-order valence-corrected chi connectivity index (χ1v) is 34.8. The van der Waals surface area contributed by atoms with Crippen molar-refractivity contribution in [2.75, 3.05) is 53.9 Å². The van der Waals surface area contributed by atoms with Gasteiger partial charge in [0.2, 0.25) is 0 Å². The van der Waals surface area contributed by atoms with Crippen molar-refractivity contribution in [2.24, 2.45) is 27.6 Å². The lowest BCUT2D eigenvalue weighted by molar-refractivity contribution is -0.858. The van der Waals surface area contributed by atoms with E-state index >= 15 is 0 Å². The lowest BCUT2D eigenvalue weighted by Crippen LogP contribution is -3.06. The average molecular weight is 1780 g/mol. The molecule has 1 aliphatic heterocycles. The standard InChI is InChI=1S/C18H34O5.C15H16F6O3.C13H13I3O4.C11H16F6O2.C10H21NO2/c1-9-16(5,6)14(19)23-17(7)10-18(8,21-12-17)22-13-20-11-15(2,3)4;1-3-9(2)11-6-4-10(5-7-11)8-24-12(22)13(23,14(16,17)18)15(19,20)21;1-6(2)10(5-11(17)18)20-13(19)8-3-7(14)4-9(15)12(8)16;1-4-9(2,3)8(18)19-6-10(14,15)5-11(16,17)7(12)13;1-6-10(2,3)9(12)13-8-7-11(4)5/h9-13H2,1-8H3;4-7,9,23H,3,8H2,1-2H3;3-4,6,10H,5H2,1-2H3,(H,17,18);7H,4-6H2,1-3H3;6-8H2,1-5H3. The predicted molar refractivity (Wildman–Crippen MR) is 367 cm³/mol. The molecule has 17 nitrogen and oxygen atoms in total. The minimum Gasteiger partial charge on any atom is -0.550 e. The first-order chi connectivity index (χ1) is 44.6. The van der Waals surface area contributed by atoms with Gasteiger partial charge in [0.15, 0.2) is 12.4 Å². The average Bonchev–Trinajstić information content (AvgIpc) is 1.34. The van der Waals surface area contributed by atoms with Crippen LogP contribution in [-0.2, 0) is 68.5 Å². The number of aliphatic hydroxyl groups is 1. The molecule has 2 aromatic rings. The van der Waals surface area contributed by atoms with Crippen LogP contribution in [0.5, 0.6) is 0 Å². The maximum atomic E-state index is 13.0. The normalized spacial score (nSPS) is 16.9. The van der Waals surface area contributed by atoms with Crippen LogP contribution in [0.2, 0.25) is 0 Å². The number of likely N-dealkylation sites (N-methyl/N-ethyl adjacent to an activating group) is 1. The van der Waals surface area contributed by atoms with E-state index in [9.17, 15) is 86.6 Å². The maximum Gasteiger partial charge on any atom is 0.437 e. The van der Waals surface area contributed by atoms with E-state index in [1.54, 1.807) is 25.1 Å². The zero-order valence-electron chi connectivity index (χ0n) is 59.9. The van der Waals surface area contributed by atoms with Crippen LogP contribution in [0, 0.1) is 38.3 Å². The van der Waals surface area contributed by atoms with Crippen LogP contribution in [-0.4, -0.2) is 148 Å². The van der Waals surface area contributed by atoms with Gasteiger partial charge in [0.1, 0.15) is 38.3 Å². The quantitative estimate of drug-likeness (QED) is 0.0147. The molecule has 2 aromatic carbocycles. The molecule has 574 valence electrons. The summed E-state index contributed by atoms with van der Waals surface area (Å²) >= 11 is 6.37. The number of ether oxygens (including phenoxy) is 8. The maximum absolute atomic E-state index is 13.0. The van der Waals surface area contributed by atoms with E-state index < -0.39 is 108 Å². The van der Waals surface area contributed by atoms with Gasteiger partial charge in [-0.05, 0) is 189 Å². The van der Waals surface area contributed by atoms with Crippen LogP contribution >= 0.6 is 67.8 Å². The van der Waals surface area contributed by atoms with Crippen molar-refractivity contribution in [3.8, 4) is 0 Å². The molecule has 2 N–H and O–H groups in total. The van der Waals surface area contributed by atoms with Gasteiger partial charge in [0.05, 0.1) is 55.5 Å². The molecule has 0 radical (unpaired) electrons. The number of halogens is 15. The van der Waals surface area contributed by atoms with Gasteiger partial charge in [-0.25, -0.2) is 35.9 Å². The van der Waals surface area contributed by atoms with Gasteiger partial charge >= 0.3 is 60.1 Å². The number of rotatable bonds is 29. The molecule has 99 heavy (non-hydrogen) atoms. The Morgan fingerprint density at radius 2 is 1.18 bits per heavy atom. The Kier molecular flexibility index (Phi) is 40.6. The third-order valence-corrected chi connectivity index (χ3v) is 19.0. The van der Waals surface area contributed by atoms with E-state index in [1.165, 1.54) is 30.9 Å². The second kappa shape index (κ2) is 41.2. The van der Waals surface area contributed by atoms with Gasteiger partial charge in [0.25, 0.3) is 5.92 Å². The van der Waals surface area contributed by atoms with Crippen LogP contribution in [0.3, 0.4) is 0 Å². The summed E-state index contributed by atoms with van der Waals surface area (Å²) in [5.74, 6) is -15.5. The molecule has 3 rings (SSSR count). The number of benzene rings is 2. The molecule has 0 bridgehead atoms. The number of carbonyl (C=O) groups excluding carboxylic acids is 6. The number of carbonyl (C=O) groups is 6. The number of carboxylic acids is 1. The first-order valence-electron chi connectivity index (χ1n) is 31.5. The molecule has 1 saturated heterocycles. The summed E-state index contributed by atoms with van der Waals surface area (Å²) in [5, 5.41) is 19.6. The van der Waals surface area contributed by atoms with Gasteiger partial charge in [-0.2, -0.15) is 26.3 Å². The van der Waals surface area contributed by atoms with Crippen molar-refractivity contribution in [2.45, 2.75) is 236 Å². The molecule has 0 saturated carbocycles. The summed E-state index contributed by atoms with van der Waals surface area (Å²) in [6, 6.07) is 9.82. The SMILES string of the molecule is CC(C)C(CC(=O)[O-])OC(=O)c1cc(I)cc(I)c1I.CCC(C)(C)C(=O)OC1(C)COC(C)(OCOCC(C)(C)C)C1.CCC(C)(C)C(=O)OCC(F)(F)CC(F)(F)C(F)F.CCC(C)(C)C(=O)OCC[NH+](C)C.CCC(C)c1ccc(COC(=O)C(O)(C(F)(F)F)C(F)(F)F)cc1. The van der Waals surface area contributed by atoms with Crippen LogP contribution in [0.15, 0.2) is 36.4 Å². The van der Waals surface area contributed by atoms with Crippen molar-refractivity contribution in [3.63, 3.8) is 0 Å². The molecule has 1 aliphatic rings. The smallest absolute Gasteiger partial charge is 0.437 e. The second-order valence-corrected chi connectivity index (χ2v) is 31.4. The topological polar surface area (TPSA) is 224 Å². The number of hydrogen-bond acceptors (Lipinski definition) is 16. The summed E-state index contributed by atoms with van der Waals surface area (Å²) in [5.41, 5.74) is -6.40. The highest BCUT2D eigenvalue weighted by Gasteiger charge is 2.76. The Hall–Kier alpha value is -3.59. The highest BCUT2D eigenvalue weighted by atomic mass is 127. The fraction of sp³-hybridized carbons (Fsp3) is 0.731. The highest BCUT2D eigenvalue weighted by Crippen LogP contribution is 2.45. The molecule has 4 atom stereocenters. The van der Waals surface area contributed by atoms with Gasteiger partial charge in [-0.1, -0.05) is 93.5 Å². The highest BCUT2D eigenvalue weighted by molar-refractivity contribution is 14.1. The molecule has 0 spiro atoms. The van der Waals surface area contributed by atoms with E-state index in [0.717, 1.165) is 42.1 Å². The Labute approximate surface area is 615 Å². The van der Waals surface area contributed by atoms with E-state index in [1.807, 2.05) is 103 Å². The van der Waals surface area contributed by atoms with E-state index in [0.29, 0.717) is 38.2 Å². The molecule has 0 amide bonds. The van der Waals surface area contributed by atoms with Gasteiger partial charge in [-0.15, -0.1) is 0 Å². The Balaban J connectivity index is 0. The second-order valence-electron chi connectivity index (χ2n) is 27.9. The largest absolute Gasteiger partial charge is 0.550 e. The third kappa shape index (κ3) is 35.2. The lowest BCUT2D eigenvalue weighted by Gasteiger charge is -2.30. The van der Waals surface area contributed by atoms with Crippen LogP contribution in [0.25, 0.3) is 0 Å². The minimum absolute atomic E-state index is 0.0867. The zero-order valence-corrected chi connectivity index (χ0v) is 66.4. The molecule has 32 heteroatoms. The number of alkyl halides is 12.